The Kier molecular flexibility index (Phi) is 5.07. The molecule has 0 saturated carbocycles. The summed E-state index contributed by atoms with van der Waals surface area (Å²) in [5.74, 6) is -0.924. The molecule has 0 aromatic carbocycles. The fourth-order valence-corrected chi connectivity index (χ4v) is 1.97. The number of aliphatic imine (C=N–C) groups is 1. The molecule has 0 amide bonds. The van der Waals surface area contributed by atoms with Gasteiger partial charge in [-0.2, -0.15) is 0 Å². The van der Waals surface area contributed by atoms with Gasteiger partial charge in [0.05, 0.1) is 13.2 Å². The average Bonchev–Trinajstić information content (AvgIpc) is 2.39. The van der Waals surface area contributed by atoms with Crippen molar-refractivity contribution in [3.8, 4) is 0 Å². The highest BCUT2D eigenvalue weighted by Gasteiger charge is 2.49. The fraction of sp³-hybridized carbons (Fsp3) is 0.615. The van der Waals surface area contributed by atoms with Crippen LogP contribution < -0.4 is 0 Å². The maximum atomic E-state index is 12.1. The van der Waals surface area contributed by atoms with Gasteiger partial charge in [0.1, 0.15) is 5.41 Å². The quantitative estimate of drug-likeness (QED) is 0.697. The molecule has 0 N–H and O–H groups in total. The predicted octanol–water partition coefficient (Wildman–Crippen LogP) is 1.52. The fourth-order valence-electron chi connectivity index (χ4n) is 1.97. The first-order valence-electron chi connectivity index (χ1n) is 6.17. The molecule has 1 rings (SSSR count). The number of carbonyl (C=O) groups is 2. The Morgan fingerprint density at radius 1 is 1.22 bits per heavy atom. The summed E-state index contributed by atoms with van der Waals surface area (Å²) in [4.78, 5) is 28.1. The summed E-state index contributed by atoms with van der Waals surface area (Å²) in [6.45, 7) is 5.81. The molecule has 18 heavy (non-hydrogen) atoms. The van der Waals surface area contributed by atoms with Crippen molar-refractivity contribution >= 4 is 18.2 Å². The van der Waals surface area contributed by atoms with E-state index in [0.717, 1.165) is 0 Å². The Labute approximate surface area is 107 Å². The molecule has 5 heteroatoms. The van der Waals surface area contributed by atoms with Crippen LogP contribution in [0, 0.1) is 5.41 Å². The average molecular weight is 253 g/mol. The van der Waals surface area contributed by atoms with Crippen LogP contribution in [0.2, 0.25) is 0 Å². The van der Waals surface area contributed by atoms with Crippen LogP contribution in [0.1, 0.15) is 27.2 Å². The topological polar surface area (TPSA) is 65.0 Å². The lowest BCUT2D eigenvalue weighted by Crippen LogP contribution is -2.47. The third-order valence-electron chi connectivity index (χ3n) is 2.95. The molecule has 0 aromatic rings. The van der Waals surface area contributed by atoms with E-state index in [4.69, 9.17) is 9.47 Å². The Morgan fingerprint density at radius 3 is 2.44 bits per heavy atom. The monoisotopic (exact) mass is 253 g/mol. The third kappa shape index (κ3) is 2.60. The van der Waals surface area contributed by atoms with Crippen LogP contribution in [0.3, 0.4) is 0 Å². The molecule has 0 spiro atoms. The van der Waals surface area contributed by atoms with E-state index in [1.54, 1.807) is 26.0 Å². The van der Waals surface area contributed by atoms with Gasteiger partial charge in [0.25, 0.3) is 0 Å². The highest BCUT2D eigenvalue weighted by molar-refractivity contribution is 5.93. The first-order valence-corrected chi connectivity index (χ1v) is 6.17. The first kappa shape index (κ1) is 14.4. The summed E-state index contributed by atoms with van der Waals surface area (Å²) in [5.41, 5.74) is -1.04. The van der Waals surface area contributed by atoms with Crippen LogP contribution in [-0.2, 0) is 19.1 Å². The van der Waals surface area contributed by atoms with E-state index < -0.39 is 23.4 Å². The molecular weight excluding hydrogens is 234 g/mol. The van der Waals surface area contributed by atoms with Crippen molar-refractivity contribution in [1.82, 2.24) is 0 Å². The molecule has 1 aliphatic rings. The van der Waals surface area contributed by atoms with Crippen molar-refractivity contribution in [3.05, 3.63) is 12.2 Å². The number of ether oxygens (including phenoxy) is 2. The molecule has 2 unspecified atom stereocenters. The number of hydrogen-bond acceptors (Lipinski definition) is 5. The van der Waals surface area contributed by atoms with Crippen molar-refractivity contribution in [1.29, 1.82) is 0 Å². The lowest BCUT2D eigenvalue weighted by molar-refractivity contribution is -0.161. The maximum Gasteiger partial charge on any atom is 0.332 e. The zero-order valence-corrected chi connectivity index (χ0v) is 11.0. The van der Waals surface area contributed by atoms with Crippen LogP contribution >= 0.6 is 0 Å². The SMILES string of the molecule is CCOC(=O)C1N=CC=CC1(CC)C(=O)OCC. The van der Waals surface area contributed by atoms with E-state index in [-0.39, 0.29) is 13.2 Å². The molecular formula is C13H19NO4. The number of hydrogen-bond donors (Lipinski definition) is 0. The minimum Gasteiger partial charge on any atom is -0.465 e. The second-order valence-electron chi connectivity index (χ2n) is 3.93. The minimum atomic E-state index is -1.04. The van der Waals surface area contributed by atoms with Crippen molar-refractivity contribution < 1.29 is 19.1 Å². The molecule has 0 saturated heterocycles. The zero-order valence-electron chi connectivity index (χ0n) is 11.0. The molecule has 0 aromatic heterocycles. The summed E-state index contributed by atoms with van der Waals surface area (Å²) in [6, 6.07) is -0.855. The third-order valence-corrected chi connectivity index (χ3v) is 2.95. The summed E-state index contributed by atoms with van der Waals surface area (Å²) in [6.07, 6.45) is 5.29. The lowest BCUT2D eigenvalue weighted by atomic mass is 9.76. The number of rotatable bonds is 5. The number of allylic oxidation sites excluding steroid dienone is 1. The Balaban J connectivity index is 3.05. The van der Waals surface area contributed by atoms with Crippen LogP contribution in [-0.4, -0.2) is 37.4 Å². The highest BCUT2D eigenvalue weighted by atomic mass is 16.5. The Bertz CT molecular complexity index is 375. The van der Waals surface area contributed by atoms with E-state index in [9.17, 15) is 9.59 Å². The molecule has 0 bridgehead atoms. The summed E-state index contributed by atoms with van der Waals surface area (Å²) in [5, 5.41) is 0. The molecule has 1 aliphatic heterocycles. The van der Waals surface area contributed by atoms with Crippen LogP contribution in [0.4, 0.5) is 0 Å². The number of nitrogens with zero attached hydrogens (tertiary/aromatic N) is 1. The summed E-state index contributed by atoms with van der Waals surface area (Å²) >= 11 is 0. The molecule has 0 radical (unpaired) electrons. The predicted molar refractivity (Wildman–Crippen MR) is 67.4 cm³/mol. The summed E-state index contributed by atoms with van der Waals surface area (Å²) in [7, 11) is 0. The molecule has 100 valence electrons. The van der Waals surface area contributed by atoms with Gasteiger partial charge in [-0.1, -0.05) is 13.0 Å². The lowest BCUT2D eigenvalue weighted by Gasteiger charge is -2.32. The van der Waals surface area contributed by atoms with Crippen molar-refractivity contribution in [2.75, 3.05) is 13.2 Å². The van der Waals surface area contributed by atoms with Gasteiger partial charge in [-0.05, 0) is 26.3 Å². The second-order valence-corrected chi connectivity index (χ2v) is 3.93. The van der Waals surface area contributed by atoms with E-state index in [1.165, 1.54) is 6.21 Å². The van der Waals surface area contributed by atoms with Crippen molar-refractivity contribution in [2.24, 2.45) is 10.4 Å². The maximum absolute atomic E-state index is 12.1. The normalized spacial score (nSPS) is 25.8. The molecule has 0 aliphatic carbocycles. The van der Waals surface area contributed by atoms with Gasteiger partial charge in [0.15, 0.2) is 6.04 Å². The second kappa shape index (κ2) is 6.33. The number of carbonyl (C=O) groups excluding carboxylic acids is 2. The van der Waals surface area contributed by atoms with Crippen LogP contribution in [0.25, 0.3) is 0 Å². The summed E-state index contributed by atoms with van der Waals surface area (Å²) < 4.78 is 10.0. The largest absolute Gasteiger partial charge is 0.465 e. The van der Waals surface area contributed by atoms with Gasteiger partial charge >= 0.3 is 11.9 Å². The van der Waals surface area contributed by atoms with Crippen molar-refractivity contribution in [2.45, 2.75) is 33.2 Å². The van der Waals surface area contributed by atoms with Gasteiger partial charge < -0.3 is 9.47 Å². The van der Waals surface area contributed by atoms with Gasteiger partial charge in [0, 0.05) is 6.21 Å². The smallest absolute Gasteiger partial charge is 0.332 e. The Morgan fingerprint density at radius 2 is 1.89 bits per heavy atom. The van der Waals surface area contributed by atoms with E-state index >= 15 is 0 Å². The number of esters is 2. The minimum absolute atomic E-state index is 0.261. The standard InChI is InChI=1S/C13H19NO4/c1-4-13(12(16)18-6-3)8-7-9-14-10(13)11(15)17-5-2/h7-10H,4-6H2,1-3H3. The molecule has 5 nitrogen and oxygen atoms in total. The van der Waals surface area contributed by atoms with E-state index in [0.29, 0.717) is 6.42 Å². The van der Waals surface area contributed by atoms with E-state index in [1.807, 2.05) is 6.92 Å². The van der Waals surface area contributed by atoms with Gasteiger partial charge in [0.2, 0.25) is 0 Å². The van der Waals surface area contributed by atoms with Gasteiger partial charge in [-0.3, -0.25) is 9.79 Å². The molecule has 0 fully saturated rings. The molecule has 2 atom stereocenters. The van der Waals surface area contributed by atoms with Crippen LogP contribution in [0.5, 0.6) is 0 Å². The highest BCUT2D eigenvalue weighted by Crippen LogP contribution is 2.35. The molecule has 1 heterocycles. The van der Waals surface area contributed by atoms with E-state index in [2.05, 4.69) is 4.99 Å². The van der Waals surface area contributed by atoms with Crippen LogP contribution in [0.15, 0.2) is 17.1 Å². The van der Waals surface area contributed by atoms with Gasteiger partial charge in [-0.15, -0.1) is 0 Å². The Hall–Kier alpha value is -1.65. The first-order chi connectivity index (χ1) is 8.62. The van der Waals surface area contributed by atoms with Gasteiger partial charge in [-0.25, -0.2) is 4.79 Å². The van der Waals surface area contributed by atoms with Crippen molar-refractivity contribution in [3.63, 3.8) is 0 Å². The zero-order chi connectivity index (χ0) is 13.6. The number of dihydropyridines is 1.